The molecule has 0 aliphatic heterocycles. The highest BCUT2D eigenvalue weighted by molar-refractivity contribution is 5.75. The maximum Gasteiger partial charge on any atom is 0.286 e. The Morgan fingerprint density at radius 1 is 0.629 bits per heavy atom. The normalized spacial score (nSPS) is 8.63. The third kappa shape index (κ3) is 8.74. The van der Waals surface area contributed by atoms with Crippen LogP contribution in [0.5, 0.6) is 0 Å². The molecule has 35 heavy (non-hydrogen) atoms. The first-order valence-electron chi connectivity index (χ1n) is 9.41. The topological polar surface area (TPSA) is 77.0 Å². The highest BCUT2D eigenvalue weighted by Crippen LogP contribution is 2.09. The number of fused-ring (bicyclic) bond motifs is 3. The molecule has 0 saturated carbocycles. The molecule has 0 aliphatic rings. The monoisotopic (exact) mass is 479 g/mol. The van der Waals surface area contributed by atoms with E-state index in [9.17, 15) is 0 Å². The molecule has 192 valence electrons. The lowest BCUT2D eigenvalue weighted by Crippen LogP contribution is -2.27. The van der Waals surface area contributed by atoms with Crippen LogP contribution in [-0.2, 0) is 7.05 Å². The summed E-state index contributed by atoms with van der Waals surface area (Å²) in [6.07, 6.45) is 9.54. The minimum Gasteiger partial charge on any atom is -0.346 e. The fraction of sp³-hybridized carbons (Fsp3) is 0.276. The van der Waals surface area contributed by atoms with Crippen molar-refractivity contribution in [2.45, 2.75) is 51.5 Å². The van der Waals surface area contributed by atoms with Crippen molar-refractivity contribution in [3.8, 4) is 0 Å². The van der Waals surface area contributed by atoms with Gasteiger partial charge in [-0.15, -0.1) is 0 Å². The number of nitrogens with one attached hydrogen (secondary N) is 3. The SMILES string of the molecule is C.C.C.C.C.C.C[n+]1cccc2cc[nH]c21.Cc1ccc2cc[nH]c2n1.c1cnc2[nH]ccc2c1. The summed E-state index contributed by atoms with van der Waals surface area (Å²) < 4.78 is 2.06. The minimum absolute atomic E-state index is 0. The Labute approximate surface area is 212 Å². The van der Waals surface area contributed by atoms with Gasteiger partial charge in [0.25, 0.3) is 5.65 Å². The number of aromatic amines is 3. The Bertz CT molecular complexity index is 1310. The van der Waals surface area contributed by atoms with Crippen LogP contribution < -0.4 is 4.57 Å². The molecule has 0 amide bonds. The van der Waals surface area contributed by atoms with Crippen molar-refractivity contribution in [2.75, 3.05) is 0 Å². The molecule has 0 aromatic carbocycles. The van der Waals surface area contributed by atoms with E-state index in [-0.39, 0.29) is 44.6 Å². The summed E-state index contributed by atoms with van der Waals surface area (Å²) in [6.45, 7) is 1.99. The molecule has 0 saturated heterocycles. The van der Waals surface area contributed by atoms with Gasteiger partial charge in [0, 0.05) is 35.1 Å². The van der Waals surface area contributed by atoms with Crippen molar-refractivity contribution in [3.05, 3.63) is 91.3 Å². The molecular formula is C29H47N6+. The molecule has 0 radical (unpaired) electrons. The second kappa shape index (κ2) is 16.6. The largest absolute Gasteiger partial charge is 0.346 e. The van der Waals surface area contributed by atoms with E-state index in [0.717, 1.165) is 22.4 Å². The third-order valence-corrected chi connectivity index (χ3v) is 4.57. The molecule has 6 heteroatoms. The van der Waals surface area contributed by atoms with E-state index < -0.39 is 0 Å². The van der Waals surface area contributed by atoms with Gasteiger partial charge in [0.05, 0.1) is 24.8 Å². The van der Waals surface area contributed by atoms with Crippen LogP contribution in [-0.4, -0.2) is 24.9 Å². The zero-order chi connectivity index (χ0) is 20.1. The van der Waals surface area contributed by atoms with Gasteiger partial charge >= 0.3 is 0 Å². The van der Waals surface area contributed by atoms with Gasteiger partial charge in [0.15, 0.2) is 0 Å². The minimum atomic E-state index is 0. The molecule has 0 unspecified atom stereocenters. The van der Waals surface area contributed by atoms with E-state index in [0.29, 0.717) is 0 Å². The second-order valence-electron chi connectivity index (χ2n) is 6.69. The van der Waals surface area contributed by atoms with Crippen LogP contribution >= 0.6 is 0 Å². The predicted octanol–water partition coefficient (Wildman–Crippen LogP) is 8.24. The summed E-state index contributed by atoms with van der Waals surface area (Å²) in [5.74, 6) is 0. The smallest absolute Gasteiger partial charge is 0.286 e. The number of hydrogen-bond donors (Lipinski definition) is 3. The van der Waals surface area contributed by atoms with Crippen LogP contribution in [0.3, 0.4) is 0 Å². The number of pyridine rings is 3. The van der Waals surface area contributed by atoms with Crippen molar-refractivity contribution in [3.63, 3.8) is 0 Å². The van der Waals surface area contributed by atoms with E-state index in [1.807, 2.05) is 75.2 Å². The molecule has 6 rings (SSSR count). The standard InChI is InChI=1S/2C8H8N2.C7H6N2.6CH4/c1-10-6-2-3-7-4-5-9-8(7)10;1-6-2-3-7-4-5-9-8(7)10-6;1-2-6-3-5-9-7(6)8-4-1;;;;;;/h2-6H,1H3;2-5H,1H3,(H,9,10);1-5H,(H,8,9);6*1H4/p+1. The molecule has 0 aliphatic carbocycles. The number of H-pyrrole nitrogens is 3. The van der Waals surface area contributed by atoms with Crippen molar-refractivity contribution in [1.82, 2.24) is 24.9 Å². The van der Waals surface area contributed by atoms with E-state index in [4.69, 9.17) is 0 Å². The van der Waals surface area contributed by atoms with Crippen LogP contribution in [0.25, 0.3) is 33.1 Å². The first-order chi connectivity index (χ1) is 14.2. The lowest BCUT2D eigenvalue weighted by Gasteiger charge is -1.89. The predicted molar refractivity (Wildman–Crippen MR) is 157 cm³/mol. The van der Waals surface area contributed by atoms with E-state index in [2.05, 4.69) is 47.7 Å². The Morgan fingerprint density at radius 2 is 1.20 bits per heavy atom. The zero-order valence-electron chi connectivity index (χ0n) is 16.4. The third-order valence-electron chi connectivity index (χ3n) is 4.57. The first kappa shape index (κ1) is 35.7. The van der Waals surface area contributed by atoms with Gasteiger partial charge in [0.2, 0.25) is 0 Å². The van der Waals surface area contributed by atoms with Gasteiger partial charge in [-0.05, 0) is 61.5 Å². The first-order valence-corrected chi connectivity index (χ1v) is 9.41. The number of rotatable bonds is 0. The van der Waals surface area contributed by atoms with Crippen LogP contribution in [0, 0.1) is 6.92 Å². The van der Waals surface area contributed by atoms with Gasteiger partial charge in [-0.25, -0.2) is 19.5 Å². The average Bonchev–Trinajstić information content (AvgIpc) is 3.49. The maximum atomic E-state index is 4.28. The summed E-state index contributed by atoms with van der Waals surface area (Å²) >= 11 is 0. The second-order valence-corrected chi connectivity index (χ2v) is 6.69. The lowest BCUT2D eigenvalue weighted by atomic mass is 10.3. The van der Waals surface area contributed by atoms with Crippen molar-refractivity contribution in [1.29, 1.82) is 0 Å². The molecular weight excluding hydrogens is 432 g/mol. The fourth-order valence-electron chi connectivity index (χ4n) is 3.07. The summed E-state index contributed by atoms with van der Waals surface area (Å²) in [7, 11) is 2.03. The van der Waals surface area contributed by atoms with E-state index in [1.165, 1.54) is 16.4 Å². The molecule has 0 fully saturated rings. The maximum absolute atomic E-state index is 4.28. The Morgan fingerprint density at radius 3 is 1.86 bits per heavy atom. The fourth-order valence-corrected chi connectivity index (χ4v) is 3.07. The molecule has 6 aromatic heterocycles. The Balaban J connectivity index is -0.000000405. The van der Waals surface area contributed by atoms with Crippen LogP contribution in [0.4, 0.5) is 0 Å². The van der Waals surface area contributed by atoms with Crippen molar-refractivity contribution < 1.29 is 4.57 Å². The van der Waals surface area contributed by atoms with Crippen LogP contribution in [0.2, 0.25) is 0 Å². The van der Waals surface area contributed by atoms with Gasteiger partial charge in [-0.3, -0.25) is 0 Å². The van der Waals surface area contributed by atoms with Gasteiger partial charge in [-0.2, -0.15) is 0 Å². The molecule has 3 N–H and O–H groups in total. The van der Waals surface area contributed by atoms with Crippen molar-refractivity contribution >= 4 is 33.1 Å². The quantitative estimate of drug-likeness (QED) is 0.192. The van der Waals surface area contributed by atoms with Crippen LogP contribution in [0.15, 0.2) is 85.6 Å². The molecule has 0 spiro atoms. The van der Waals surface area contributed by atoms with E-state index >= 15 is 0 Å². The number of aromatic nitrogens is 6. The van der Waals surface area contributed by atoms with Gasteiger partial charge < -0.3 is 9.97 Å². The molecule has 6 heterocycles. The summed E-state index contributed by atoms with van der Waals surface area (Å²) in [5, 5.41) is 3.59. The number of nitrogens with zero attached hydrogens (tertiary/aromatic N) is 3. The summed E-state index contributed by atoms with van der Waals surface area (Å²) in [5.41, 5.74) is 4.15. The molecule has 6 aromatic rings. The lowest BCUT2D eigenvalue weighted by molar-refractivity contribution is -0.646. The summed E-state index contributed by atoms with van der Waals surface area (Å²) in [6, 6.07) is 18.2. The Hall–Kier alpha value is -3.93. The number of hydrogen-bond acceptors (Lipinski definition) is 2. The zero-order valence-corrected chi connectivity index (χ0v) is 16.4. The average molecular weight is 480 g/mol. The van der Waals surface area contributed by atoms with E-state index in [1.54, 1.807) is 6.20 Å². The highest BCUT2D eigenvalue weighted by atomic mass is 15.0. The molecule has 0 bridgehead atoms. The van der Waals surface area contributed by atoms with Gasteiger partial charge in [0.1, 0.15) is 11.3 Å². The highest BCUT2D eigenvalue weighted by Gasteiger charge is 2.00. The molecule has 6 nitrogen and oxygen atoms in total. The Kier molecular flexibility index (Phi) is 17.0. The van der Waals surface area contributed by atoms with Crippen LogP contribution in [0.1, 0.15) is 50.3 Å². The number of aryl methyl sites for hydroxylation is 2. The summed E-state index contributed by atoms with van der Waals surface area (Å²) in [4.78, 5) is 17.6. The molecule has 0 atom stereocenters. The van der Waals surface area contributed by atoms with Gasteiger partial charge in [-0.1, -0.05) is 44.6 Å². The van der Waals surface area contributed by atoms with Crippen molar-refractivity contribution in [2.24, 2.45) is 7.05 Å².